The van der Waals surface area contributed by atoms with Crippen molar-refractivity contribution < 1.29 is 18.3 Å². The van der Waals surface area contributed by atoms with Crippen molar-refractivity contribution in [1.29, 1.82) is 0 Å². The van der Waals surface area contributed by atoms with E-state index in [9.17, 15) is 13.6 Å². The van der Waals surface area contributed by atoms with Gasteiger partial charge in [-0.15, -0.1) is 0 Å². The zero-order chi connectivity index (χ0) is 23.9. The number of rotatable bonds is 9. The van der Waals surface area contributed by atoms with Crippen LogP contribution in [0.1, 0.15) is 60.0 Å². The smallest absolute Gasteiger partial charge is 0.255 e. The van der Waals surface area contributed by atoms with E-state index in [2.05, 4.69) is 47.1 Å². The molecular formula is C28H32F2N2O2. The molecule has 0 spiro atoms. The lowest BCUT2D eigenvalue weighted by atomic mass is 9.93. The largest absolute Gasteiger partial charge is 0.492 e. The summed E-state index contributed by atoms with van der Waals surface area (Å²) in [6.07, 6.45) is 4.61. The monoisotopic (exact) mass is 466 g/mol. The molecule has 1 aliphatic heterocycles. The van der Waals surface area contributed by atoms with Gasteiger partial charge < -0.3 is 10.1 Å². The van der Waals surface area contributed by atoms with Crippen molar-refractivity contribution in [2.45, 2.75) is 57.7 Å². The normalized spacial score (nSPS) is 21.9. The molecule has 2 aliphatic carbocycles. The first-order valence-corrected chi connectivity index (χ1v) is 12.2. The molecule has 0 aromatic heterocycles. The number of carbonyl (C=O) groups is 1. The van der Waals surface area contributed by atoms with Gasteiger partial charge in [0.15, 0.2) is 0 Å². The van der Waals surface area contributed by atoms with Crippen molar-refractivity contribution in [2.24, 2.45) is 11.8 Å². The molecule has 34 heavy (non-hydrogen) atoms. The summed E-state index contributed by atoms with van der Waals surface area (Å²) in [6, 6.07) is 12.5. The first-order valence-electron chi connectivity index (χ1n) is 12.2. The number of benzene rings is 2. The maximum absolute atomic E-state index is 13.2. The van der Waals surface area contributed by atoms with Crippen LogP contribution >= 0.6 is 0 Å². The van der Waals surface area contributed by atoms with Gasteiger partial charge in [-0.1, -0.05) is 43.0 Å². The fourth-order valence-corrected chi connectivity index (χ4v) is 4.78. The molecule has 2 fully saturated rings. The van der Waals surface area contributed by atoms with E-state index in [0.717, 1.165) is 50.0 Å². The summed E-state index contributed by atoms with van der Waals surface area (Å²) in [6.45, 7) is 8.61. The number of ether oxygens (including phenoxy) is 1. The molecular weight excluding hydrogens is 434 g/mol. The van der Waals surface area contributed by atoms with Crippen molar-refractivity contribution in [3.8, 4) is 5.75 Å². The summed E-state index contributed by atoms with van der Waals surface area (Å²) in [5, 5.41) is 3.10. The fraction of sp³-hybridized carbons (Fsp3) is 0.464. The number of nitrogens with zero attached hydrogens (tertiary/aromatic N) is 1. The number of carbonyl (C=O) groups excluding carboxylic acids is 1. The highest BCUT2D eigenvalue weighted by Crippen LogP contribution is 2.48. The van der Waals surface area contributed by atoms with E-state index in [1.54, 1.807) is 6.08 Å². The van der Waals surface area contributed by atoms with Crippen LogP contribution in [0.25, 0.3) is 6.08 Å². The first kappa shape index (κ1) is 23.0. The summed E-state index contributed by atoms with van der Waals surface area (Å²) in [4.78, 5) is 14.4. The first-order chi connectivity index (χ1) is 16.3. The summed E-state index contributed by atoms with van der Waals surface area (Å²) >= 11 is 0. The average Bonchev–Trinajstić information content (AvgIpc) is 3.75. The molecule has 2 aromatic rings. The Morgan fingerprint density at radius 1 is 1.26 bits per heavy atom. The standard InChI is InChI=1S/C28H32F2N2O2/c1-3-24-25-12-13-32(16-22(25)10-11-26(24)34-17-23-14-28(23,29)30)15-19-4-6-20(7-5-19)18(2)31-27(33)21-8-9-21/h3-7,10-11,18,21,23H,1,8-9,12-17H2,2H3,(H,31,33)/t18-,23?/m0/s1. The molecule has 2 atom stereocenters. The third-order valence-electron chi connectivity index (χ3n) is 7.28. The third kappa shape index (κ3) is 5.02. The van der Waals surface area contributed by atoms with E-state index < -0.39 is 11.8 Å². The molecule has 1 N–H and O–H groups in total. The predicted octanol–water partition coefficient (Wildman–Crippen LogP) is 5.51. The van der Waals surface area contributed by atoms with Crippen LogP contribution in [0.3, 0.4) is 0 Å². The number of hydrogen-bond donors (Lipinski definition) is 1. The average molecular weight is 467 g/mol. The Hall–Kier alpha value is -2.73. The molecule has 180 valence electrons. The highest BCUT2D eigenvalue weighted by atomic mass is 19.3. The minimum Gasteiger partial charge on any atom is -0.492 e. The Bertz CT molecular complexity index is 1080. The second kappa shape index (κ2) is 9.14. The maximum Gasteiger partial charge on any atom is 0.255 e. The van der Waals surface area contributed by atoms with Crippen molar-refractivity contribution >= 4 is 12.0 Å². The molecule has 1 unspecified atom stereocenters. The quantitative estimate of drug-likeness (QED) is 0.530. The van der Waals surface area contributed by atoms with E-state index >= 15 is 0 Å². The van der Waals surface area contributed by atoms with E-state index in [-0.39, 0.29) is 30.9 Å². The van der Waals surface area contributed by atoms with Crippen molar-refractivity contribution in [3.63, 3.8) is 0 Å². The predicted molar refractivity (Wildman–Crippen MR) is 129 cm³/mol. The maximum atomic E-state index is 13.2. The molecule has 3 aliphatic rings. The van der Waals surface area contributed by atoms with Crippen LogP contribution in [0.5, 0.6) is 5.75 Å². The van der Waals surface area contributed by atoms with E-state index in [4.69, 9.17) is 4.74 Å². The molecule has 1 amide bonds. The summed E-state index contributed by atoms with van der Waals surface area (Å²) in [5.74, 6) is -2.19. The van der Waals surface area contributed by atoms with Gasteiger partial charge >= 0.3 is 0 Å². The Morgan fingerprint density at radius 2 is 2.00 bits per heavy atom. The minimum atomic E-state index is -2.57. The second-order valence-electron chi connectivity index (χ2n) is 10.00. The van der Waals surface area contributed by atoms with Gasteiger partial charge in [-0.25, -0.2) is 8.78 Å². The SMILES string of the molecule is C=Cc1c(OCC2CC2(F)F)ccc2c1CCN(Cc1ccc([C@H](C)NC(=O)C3CC3)cc1)C2. The molecule has 0 bridgehead atoms. The van der Waals surface area contributed by atoms with Crippen LogP contribution < -0.4 is 10.1 Å². The van der Waals surface area contributed by atoms with E-state index in [0.29, 0.717) is 5.75 Å². The third-order valence-corrected chi connectivity index (χ3v) is 7.28. The topological polar surface area (TPSA) is 41.6 Å². The van der Waals surface area contributed by atoms with Crippen molar-refractivity contribution in [1.82, 2.24) is 10.2 Å². The summed E-state index contributed by atoms with van der Waals surface area (Å²) < 4.78 is 32.2. The Labute approximate surface area is 200 Å². The van der Waals surface area contributed by atoms with Gasteiger partial charge in [-0.3, -0.25) is 9.69 Å². The van der Waals surface area contributed by atoms with Crippen molar-refractivity contribution in [3.05, 3.63) is 70.8 Å². The molecule has 0 radical (unpaired) electrons. The number of hydrogen-bond acceptors (Lipinski definition) is 3. The van der Waals surface area contributed by atoms with Gasteiger partial charge in [-0.2, -0.15) is 0 Å². The Morgan fingerprint density at radius 3 is 2.65 bits per heavy atom. The number of fused-ring (bicyclic) bond motifs is 1. The molecule has 6 heteroatoms. The lowest BCUT2D eigenvalue weighted by molar-refractivity contribution is -0.122. The van der Waals surface area contributed by atoms with Gasteiger partial charge in [-0.05, 0) is 54.5 Å². The van der Waals surface area contributed by atoms with E-state index in [1.807, 2.05) is 13.0 Å². The Balaban J connectivity index is 1.19. The lowest BCUT2D eigenvalue weighted by Gasteiger charge is -2.30. The van der Waals surface area contributed by atoms with Gasteiger partial charge in [0.05, 0.1) is 18.6 Å². The molecule has 5 rings (SSSR count). The summed E-state index contributed by atoms with van der Waals surface area (Å²) in [7, 11) is 0. The van der Waals surface area contributed by atoms with E-state index in [1.165, 1.54) is 16.7 Å². The van der Waals surface area contributed by atoms with Crippen LogP contribution in [-0.2, 0) is 24.3 Å². The van der Waals surface area contributed by atoms with Crippen LogP contribution in [0.4, 0.5) is 8.78 Å². The lowest BCUT2D eigenvalue weighted by Crippen LogP contribution is -2.30. The molecule has 4 nitrogen and oxygen atoms in total. The molecule has 2 aromatic carbocycles. The second-order valence-corrected chi connectivity index (χ2v) is 10.00. The minimum absolute atomic E-state index is 0.0175. The van der Waals surface area contributed by atoms with Crippen LogP contribution in [0, 0.1) is 11.8 Å². The molecule has 1 heterocycles. The van der Waals surface area contributed by atoms with Crippen LogP contribution in [0.15, 0.2) is 43.0 Å². The number of amides is 1. The highest BCUT2D eigenvalue weighted by molar-refractivity contribution is 5.81. The zero-order valence-electron chi connectivity index (χ0n) is 19.7. The van der Waals surface area contributed by atoms with Gasteiger partial charge in [0, 0.05) is 37.5 Å². The molecule has 2 saturated carbocycles. The van der Waals surface area contributed by atoms with Crippen LogP contribution in [0.2, 0.25) is 0 Å². The zero-order valence-corrected chi connectivity index (χ0v) is 19.7. The van der Waals surface area contributed by atoms with Crippen LogP contribution in [-0.4, -0.2) is 29.9 Å². The number of alkyl halides is 2. The van der Waals surface area contributed by atoms with Gasteiger partial charge in [0.25, 0.3) is 5.92 Å². The summed E-state index contributed by atoms with van der Waals surface area (Å²) in [5.41, 5.74) is 5.74. The molecule has 0 saturated heterocycles. The number of nitrogens with one attached hydrogen (secondary N) is 1. The highest BCUT2D eigenvalue weighted by Gasteiger charge is 2.57. The van der Waals surface area contributed by atoms with Gasteiger partial charge in [0.2, 0.25) is 5.91 Å². The van der Waals surface area contributed by atoms with Gasteiger partial charge in [0.1, 0.15) is 5.75 Å². The number of halogens is 2. The fourth-order valence-electron chi connectivity index (χ4n) is 4.78. The Kier molecular flexibility index (Phi) is 6.19. The van der Waals surface area contributed by atoms with Crippen molar-refractivity contribution in [2.75, 3.05) is 13.2 Å².